The summed E-state index contributed by atoms with van der Waals surface area (Å²) in [6, 6.07) is -0.281. The van der Waals surface area contributed by atoms with E-state index in [4.69, 9.17) is 0 Å². The summed E-state index contributed by atoms with van der Waals surface area (Å²) in [4.78, 5) is 27.5. The van der Waals surface area contributed by atoms with E-state index in [1.165, 1.54) is 0 Å². The Morgan fingerprint density at radius 1 is 1.05 bits per heavy atom. The summed E-state index contributed by atoms with van der Waals surface area (Å²) in [6.07, 6.45) is 6.69. The first-order chi connectivity index (χ1) is 20.9. The molecule has 4 rings (SSSR count). The molecule has 0 spiro atoms. The molecule has 44 heavy (non-hydrogen) atoms. The average Bonchev–Trinajstić information content (AvgIpc) is 3.60. The number of carbonyl (C=O) groups excluding carboxylic acids is 1. The lowest BCUT2D eigenvalue weighted by atomic mass is 9.93. The van der Waals surface area contributed by atoms with Crippen molar-refractivity contribution in [2.45, 2.75) is 84.4 Å². The molecule has 0 aromatic carbocycles. The van der Waals surface area contributed by atoms with Crippen molar-refractivity contribution in [3.05, 3.63) is 80.3 Å². The van der Waals surface area contributed by atoms with Gasteiger partial charge in [-0.25, -0.2) is 0 Å². The first kappa shape index (κ1) is 33.4. The summed E-state index contributed by atoms with van der Waals surface area (Å²) in [5.74, 6) is -1.16. The molecule has 2 unspecified atom stereocenters. The van der Waals surface area contributed by atoms with Gasteiger partial charge in [-0.1, -0.05) is 25.7 Å². The van der Waals surface area contributed by atoms with Crippen LogP contribution in [0, 0.1) is 18.8 Å². The van der Waals surface area contributed by atoms with Crippen LogP contribution in [0.5, 0.6) is 0 Å². The Bertz CT molecular complexity index is 1470. The maximum absolute atomic E-state index is 12.4. The molecular formula is C33H44N4O6S. The molecule has 5 atom stereocenters. The van der Waals surface area contributed by atoms with Crippen LogP contribution in [0.1, 0.15) is 69.0 Å². The van der Waals surface area contributed by atoms with Crippen LogP contribution in [-0.2, 0) is 16.0 Å². The zero-order chi connectivity index (χ0) is 32.3. The highest BCUT2D eigenvalue weighted by molar-refractivity contribution is 7.83. The third-order valence-corrected chi connectivity index (χ3v) is 9.31. The van der Waals surface area contributed by atoms with Gasteiger partial charge in [-0.3, -0.25) is 9.59 Å². The topological polar surface area (TPSA) is 167 Å². The molecule has 1 aromatic heterocycles. The Morgan fingerprint density at radius 3 is 2.36 bits per heavy atom. The Balaban J connectivity index is 1.74. The molecule has 238 valence electrons. The molecule has 1 aromatic rings. The lowest BCUT2D eigenvalue weighted by Crippen LogP contribution is -2.36. The van der Waals surface area contributed by atoms with Crippen LogP contribution >= 0.6 is 12.6 Å². The van der Waals surface area contributed by atoms with Crippen LogP contribution in [-0.4, -0.2) is 61.9 Å². The quantitative estimate of drug-likeness (QED) is 0.126. The Kier molecular flexibility index (Phi) is 10.7. The number of hydrogen-bond acceptors (Lipinski definition) is 8. The number of thiol groups is 1. The number of aromatic amines is 1. The molecule has 10 nitrogen and oxygen atoms in total. The van der Waals surface area contributed by atoms with Crippen LogP contribution in [0.2, 0.25) is 0 Å². The van der Waals surface area contributed by atoms with E-state index in [1.54, 1.807) is 11.5 Å². The standard InChI is InChI=1S/C33H44N4O6S/c1-6-20-16(2)26(36-33(20)43)13-24-17(3)21(7-9-30(38)39)27(34-24)15-28-22(8-10-31(40)41)18(4)25(35-28)14-29-23(11-12-44)19(5)32(42)37-29/h6,11-12,14-15,19,23-24,26,30,32,34-35,37-39,42,44H,1,7-10,13H2,2-5H3,(H,36,43)(H,40,41)/b12-11+,27-15-,29-14-/t19-,23-,24?,26-,32?/m1/s1. The van der Waals surface area contributed by atoms with Gasteiger partial charge >= 0.3 is 5.97 Å². The maximum Gasteiger partial charge on any atom is 0.303 e. The molecule has 3 aliphatic heterocycles. The smallest absolute Gasteiger partial charge is 0.303 e. The number of nitrogens with one attached hydrogen (secondary N) is 4. The van der Waals surface area contributed by atoms with E-state index in [9.17, 15) is 30.0 Å². The number of carboxylic acid groups (broad SMARTS) is 1. The van der Waals surface area contributed by atoms with E-state index in [2.05, 4.69) is 40.1 Å². The minimum absolute atomic E-state index is 0.0446. The van der Waals surface area contributed by atoms with Crippen LogP contribution < -0.4 is 16.0 Å². The number of aromatic nitrogens is 1. The zero-order valence-electron chi connectivity index (χ0n) is 25.6. The summed E-state index contributed by atoms with van der Waals surface area (Å²) < 4.78 is 0. The van der Waals surface area contributed by atoms with Crippen molar-refractivity contribution < 1.29 is 30.0 Å². The Morgan fingerprint density at radius 2 is 1.75 bits per heavy atom. The first-order valence-corrected chi connectivity index (χ1v) is 15.5. The minimum atomic E-state index is -1.46. The number of carboxylic acids is 1. The SMILES string of the molecule is C=CC1=C(C)[C@@H](CC2N/C(=C\c3[nH]c(/C=C4\NC(O)[C@H](C)[C@H]4/C=C/S)c(C)c3CCC(=O)O)C(CCC(O)O)=C2C)NC1=O. The van der Waals surface area contributed by atoms with Crippen molar-refractivity contribution >= 4 is 36.7 Å². The van der Waals surface area contributed by atoms with E-state index in [1.807, 2.05) is 45.9 Å². The number of amides is 1. The highest BCUT2D eigenvalue weighted by Crippen LogP contribution is 2.36. The second-order valence-electron chi connectivity index (χ2n) is 11.9. The van der Waals surface area contributed by atoms with Gasteiger partial charge in [-0.15, -0.1) is 0 Å². The predicted molar refractivity (Wildman–Crippen MR) is 174 cm³/mol. The van der Waals surface area contributed by atoms with Crippen LogP contribution in [0.15, 0.2) is 57.8 Å². The number of aliphatic hydroxyl groups excluding tert-OH is 2. The van der Waals surface area contributed by atoms with Crippen molar-refractivity contribution in [3.63, 3.8) is 0 Å². The number of aliphatic hydroxyl groups is 3. The molecule has 1 saturated heterocycles. The van der Waals surface area contributed by atoms with Gasteiger partial charge < -0.3 is 41.4 Å². The first-order valence-electron chi connectivity index (χ1n) is 14.9. The molecule has 0 radical (unpaired) electrons. The number of H-pyrrole nitrogens is 1. The van der Waals surface area contributed by atoms with E-state index in [0.29, 0.717) is 24.8 Å². The maximum atomic E-state index is 12.4. The normalized spacial score (nSPS) is 27.3. The highest BCUT2D eigenvalue weighted by Gasteiger charge is 2.35. The van der Waals surface area contributed by atoms with Gasteiger partial charge in [0.05, 0.1) is 6.04 Å². The van der Waals surface area contributed by atoms with Crippen molar-refractivity contribution in [3.8, 4) is 0 Å². The van der Waals surface area contributed by atoms with Gasteiger partial charge in [0.15, 0.2) is 6.29 Å². The third kappa shape index (κ3) is 7.07. The fraction of sp³-hybridized carbons (Fsp3) is 0.455. The van der Waals surface area contributed by atoms with Gasteiger partial charge in [0.2, 0.25) is 0 Å². The second kappa shape index (κ2) is 14.1. The van der Waals surface area contributed by atoms with Crippen molar-refractivity contribution in [1.29, 1.82) is 0 Å². The molecule has 0 bridgehead atoms. The zero-order valence-corrected chi connectivity index (χ0v) is 26.5. The number of hydrogen-bond donors (Lipinski definition) is 9. The van der Waals surface area contributed by atoms with Crippen LogP contribution in [0.4, 0.5) is 0 Å². The lowest BCUT2D eigenvalue weighted by molar-refractivity contribution is -0.137. The molecule has 11 heteroatoms. The number of aliphatic carboxylic acids is 1. The number of rotatable bonds is 12. The van der Waals surface area contributed by atoms with Gasteiger partial charge in [0.25, 0.3) is 5.91 Å². The lowest BCUT2D eigenvalue weighted by Gasteiger charge is -2.20. The van der Waals surface area contributed by atoms with Crippen molar-refractivity contribution in [2.24, 2.45) is 11.8 Å². The highest BCUT2D eigenvalue weighted by atomic mass is 32.1. The fourth-order valence-corrected chi connectivity index (χ4v) is 6.59. The van der Waals surface area contributed by atoms with E-state index in [-0.39, 0.29) is 42.7 Å². The van der Waals surface area contributed by atoms with Gasteiger partial charge in [0, 0.05) is 59.1 Å². The molecule has 4 heterocycles. The van der Waals surface area contributed by atoms with E-state index in [0.717, 1.165) is 50.6 Å². The van der Waals surface area contributed by atoms with Gasteiger partial charge in [0.1, 0.15) is 6.23 Å². The summed E-state index contributed by atoms with van der Waals surface area (Å²) in [5.41, 5.74) is 8.47. The van der Waals surface area contributed by atoms with Crippen molar-refractivity contribution in [1.82, 2.24) is 20.9 Å². The van der Waals surface area contributed by atoms with Crippen molar-refractivity contribution in [2.75, 3.05) is 0 Å². The van der Waals surface area contributed by atoms with Gasteiger partial charge in [-0.05, 0) is 85.4 Å². The molecule has 0 saturated carbocycles. The monoisotopic (exact) mass is 624 g/mol. The van der Waals surface area contributed by atoms with Crippen LogP contribution in [0.25, 0.3) is 12.2 Å². The Hall–Kier alpha value is -3.51. The van der Waals surface area contributed by atoms with E-state index < -0.39 is 18.5 Å². The third-order valence-electron chi connectivity index (χ3n) is 9.14. The summed E-state index contributed by atoms with van der Waals surface area (Å²) in [5, 5.41) is 50.7. The average molecular weight is 625 g/mol. The molecule has 0 aliphatic carbocycles. The predicted octanol–water partition coefficient (Wildman–Crippen LogP) is 3.41. The minimum Gasteiger partial charge on any atom is -0.481 e. The second-order valence-corrected chi connectivity index (χ2v) is 12.2. The summed E-state index contributed by atoms with van der Waals surface area (Å²) in [6.45, 7) is 11.6. The van der Waals surface area contributed by atoms with E-state index >= 15 is 0 Å². The molecule has 8 N–H and O–H groups in total. The molecule has 1 fully saturated rings. The van der Waals surface area contributed by atoms with Crippen LogP contribution in [0.3, 0.4) is 0 Å². The molecule has 1 amide bonds. The Labute approximate surface area is 263 Å². The fourth-order valence-electron chi connectivity index (χ4n) is 6.40. The molecule has 3 aliphatic rings. The molecular weight excluding hydrogens is 580 g/mol. The summed E-state index contributed by atoms with van der Waals surface area (Å²) >= 11 is 4.23. The number of allylic oxidation sites excluding steroid dienone is 2. The largest absolute Gasteiger partial charge is 0.481 e. The summed E-state index contributed by atoms with van der Waals surface area (Å²) in [7, 11) is 0. The number of carbonyl (C=O) groups is 2. The van der Waals surface area contributed by atoms with Gasteiger partial charge in [-0.2, -0.15) is 12.6 Å².